The van der Waals surface area contributed by atoms with E-state index < -0.39 is 0 Å². The Hall–Kier alpha value is -4.17. The van der Waals surface area contributed by atoms with E-state index in [2.05, 4.69) is 28.8 Å². The van der Waals surface area contributed by atoms with Crippen LogP contribution in [0.15, 0.2) is 72.8 Å². The molecule has 0 spiro atoms. The second kappa shape index (κ2) is 8.40. The van der Waals surface area contributed by atoms with E-state index >= 15 is 0 Å². The molecule has 5 heteroatoms. The van der Waals surface area contributed by atoms with Crippen LogP contribution in [0, 0.1) is 25.2 Å². The van der Waals surface area contributed by atoms with Crippen LogP contribution in [-0.4, -0.2) is 22.0 Å². The van der Waals surface area contributed by atoms with Crippen LogP contribution in [0.2, 0.25) is 0 Å². The smallest absolute Gasteiger partial charge is 0.258 e. The molecule has 3 aromatic carbocycles. The lowest BCUT2D eigenvalue weighted by Crippen LogP contribution is -2.32. The summed E-state index contributed by atoms with van der Waals surface area (Å²) in [5, 5.41) is 9.24. The number of fused-ring (bicyclic) bond motifs is 3. The van der Waals surface area contributed by atoms with Gasteiger partial charge in [0.15, 0.2) is 0 Å². The number of nitrogens with zero attached hydrogens (tertiary/aromatic N) is 4. The minimum Gasteiger partial charge on any atom is -0.323 e. The highest BCUT2D eigenvalue weighted by molar-refractivity contribution is 6.08. The zero-order chi connectivity index (χ0) is 22.9. The maximum atomic E-state index is 13.6. The van der Waals surface area contributed by atoms with Gasteiger partial charge >= 0.3 is 0 Å². The number of para-hydroxylation sites is 1. The topological polar surface area (TPSA) is 61.9 Å². The number of rotatable bonds is 3. The number of imidazole rings is 1. The molecule has 4 aromatic rings. The van der Waals surface area contributed by atoms with Gasteiger partial charge in [-0.2, -0.15) is 5.26 Å². The normalized spacial score (nSPS) is 12.5. The molecule has 5 rings (SSSR count). The second-order valence-electron chi connectivity index (χ2n) is 8.39. The van der Waals surface area contributed by atoms with Gasteiger partial charge in [0.1, 0.15) is 5.82 Å². The molecule has 0 bridgehead atoms. The molecule has 1 aromatic heterocycles. The van der Waals surface area contributed by atoms with Gasteiger partial charge in [-0.05, 0) is 49.2 Å². The third-order valence-electron chi connectivity index (χ3n) is 6.28. The summed E-state index contributed by atoms with van der Waals surface area (Å²) in [7, 11) is 0. The number of benzene rings is 3. The summed E-state index contributed by atoms with van der Waals surface area (Å²) in [5.74, 6) is 0.910. The number of hydrogen-bond donors (Lipinski definition) is 0. The molecule has 33 heavy (non-hydrogen) atoms. The van der Waals surface area contributed by atoms with E-state index in [1.165, 1.54) is 5.56 Å². The highest BCUT2D eigenvalue weighted by atomic mass is 16.2. The molecule has 1 amide bonds. The number of carbonyl (C=O) groups is 1. The second-order valence-corrected chi connectivity index (χ2v) is 8.39. The molecule has 2 heterocycles. The van der Waals surface area contributed by atoms with Crippen LogP contribution < -0.4 is 4.90 Å². The summed E-state index contributed by atoms with van der Waals surface area (Å²) in [6.07, 6.45) is 0.674. The van der Waals surface area contributed by atoms with Crippen molar-refractivity contribution in [3.8, 4) is 17.3 Å². The fourth-order valence-electron chi connectivity index (χ4n) is 4.60. The molecule has 0 aliphatic carbocycles. The standard InChI is InChI=1S/C28H24N4O/c1-19-16-22(12-13-23(19)17-29)28(33)31-15-14-25-27(24-10-6-7-11-26(24)31)32(20(2)30-25)18-21-8-4-3-5-9-21/h3-13,16H,14-15,18H2,1-2H3. The summed E-state index contributed by atoms with van der Waals surface area (Å²) >= 11 is 0. The predicted octanol–water partition coefficient (Wildman–Crippen LogP) is 5.29. The first kappa shape index (κ1) is 20.7. The number of anilines is 1. The Morgan fingerprint density at radius 1 is 1.03 bits per heavy atom. The minimum absolute atomic E-state index is 0.0634. The van der Waals surface area contributed by atoms with Crippen LogP contribution in [0.5, 0.6) is 0 Å². The van der Waals surface area contributed by atoms with Gasteiger partial charge in [-0.15, -0.1) is 0 Å². The van der Waals surface area contributed by atoms with Crippen LogP contribution in [-0.2, 0) is 13.0 Å². The quantitative estimate of drug-likeness (QED) is 0.442. The van der Waals surface area contributed by atoms with E-state index in [4.69, 9.17) is 4.98 Å². The molecular weight excluding hydrogens is 408 g/mol. The Balaban J connectivity index is 1.59. The Kier molecular flexibility index (Phi) is 5.27. The fourth-order valence-corrected chi connectivity index (χ4v) is 4.60. The third kappa shape index (κ3) is 3.70. The number of nitriles is 1. The lowest BCUT2D eigenvalue weighted by Gasteiger charge is -2.24. The van der Waals surface area contributed by atoms with Crippen molar-refractivity contribution in [3.63, 3.8) is 0 Å². The SMILES string of the molecule is Cc1cc(C(=O)N2CCc3nc(C)n(Cc4ccccc4)c3-c3ccccc32)ccc1C#N. The average Bonchev–Trinajstić information content (AvgIpc) is 3.04. The summed E-state index contributed by atoms with van der Waals surface area (Å²) in [5.41, 5.74) is 7.19. The van der Waals surface area contributed by atoms with Gasteiger partial charge in [-0.25, -0.2) is 4.98 Å². The zero-order valence-electron chi connectivity index (χ0n) is 18.7. The van der Waals surface area contributed by atoms with Gasteiger partial charge in [-0.3, -0.25) is 4.79 Å². The van der Waals surface area contributed by atoms with E-state index in [1.54, 1.807) is 18.2 Å². The molecular formula is C28H24N4O. The Morgan fingerprint density at radius 2 is 1.79 bits per heavy atom. The molecule has 0 atom stereocenters. The Bertz CT molecular complexity index is 1400. The fraction of sp³-hybridized carbons (Fsp3) is 0.179. The molecule has 162 valence electrons. The third-order valence-corrected chi connectivity index (χ3v) is 6.28. The molecule has 0 fully saturated rings. The summed E-state index contributed by atoms with van der Waals surface area (Å²) < 4.78 is 2.25. The van der Waals surface area contributed by atoms with Crippen molar-refractivity contribution in [1.29, 1.82) is 5.26 Å². The van der Waals surface area contributed by atoms with Gasteiger partial charge in [0.2, 0.25) is 0 Å². The number of aromatic nitrogens is 2. The van der Waals surface area contributed by atoms with Crippen LogP contribution in [0.3, 0.4) is 0 Å². The molecule has 0 N–H and O–H groups in total. The summed E-state index contributed by atoms with van der Waals surface area (Å²) in [4.78, 5) is 20.3. The van der Waals surface area contributed by atoms with Crippen molar-refractivity contribution in [3.05, 3.63) is 107 Å². The van der Waals surface area contributed by atoms with Gasteiger partial charge in [0.05, 0.1) is 28.7 Å². The first-order chi connectivity index (χ1) is 16.1. The number of aryl methyl sites for hydroxylation is 2. The van der Waals surface area contributed by atoms with Crippen LogP contribution >= 0.6 is 0 Å². The van der Waals surface area contributed by atoms with E-state index in [1.807, 2.05) is 55.1 Å². The minimum atomic E-state index is -0.0634. The van der Waals surface area contributed by atoms with Crippen molar-refractivity contribution >= 4 is 11.6 Å². The van der Waals surface area contributed by atoms with Gasteiger partial charge < -0.3 is 9.47 Å². The molecule has 0 saturated carbocycles. The number of hydrogen-bond acceptors (Lipinski definition) is 3. The maximum absolute atomic E-state index is 13.6. The summed E-state index contributed by atoms with van der Waals surface area (Å²) in [6.45, 7) is 5.18. The van der Waals surface area contributed by atoms with Crippen molar-refractivity contribution in [2.45, 2.75) is 26.8 Å². The van der Waals surface area contributed by atoms with Crippen LogP contribution in [0.1, 0.15) is 38.6 Å². The van der Waals surface area contributed by atoms with Gasteiger partial charge in [0, 0.05) is 30.6 Å². The lowest BCUT2D eigenvalue weighted by molar-refractivity contribution is 0.0987. The molecule has 1 aliphatic rings. The molecule has 0 unspecified atom stereocenters. The van der Waals surface area contributed by atoms with Crippen molar-refractivity contribution in [2.24, 2.45) is 0 Å². The molecule has 0 radical (unpaired) electrons. The van der Waals surface area contributed by atoms with Crippen LogP contribution in [0.25, 0.3) is 11.3 Å². The van der Waals surface area contributed by atoms with Gasteiger partial charge in [0.25, 0.3) is 5.91 Å². The monoisotopic (exact) mass is 432 g/mol. The van der Waals surface area contributed by atoms with E-state index in [0.717, 1.165) is 40.6 Å². The Labute approximate surface area is 193 Å². The number of amides is 1. The van der Waals surface area contributed by atoms with Crippen molar-refractivity contribution < 1.29 is 4.79 Å². The largest absolute Gasteiger partial charge is 0.323 e. The zero-order valence-corrected chi connectivity index (χ0v) is 18.7. The molecule has 5 nitrogen and oxygen atoms in total. The number of carbonyl (C=O) groups excluding carboxylic acids is 1. The van der Waals surface area contributed by atoms with E-state index in [0.29, 0.717) is 24.1 Å². The first-order valence-electron chi connectivity index (χ1n) is 11.1. The predicted molar refractivity (Wildman–Crippen MR) is 129 cm³/mol. The van der Waals surface area contributed by atoms with Crippen molar-refractivity contribution in [2.75, 3.05) is 11.4 Å². The lowest BCUT2D eigenvalue weighted by atomic mass is 10.0. The van der Waals surface area contributed by atoms with E-state index in [-0.39, 0.29) is 5.91 Å². The summed E-state index contributed by atoms with van der Waals surface area (Å²) in [6, 6.07) is 25.9. The Morgan fingerprint density at radius 3 is 2.55 bits per heavy atom. The van der Waals surface area contributed by atoms with Gasteiger partial charge in [-0.1, -0.05) is 48.5 Å². The van der Waals surface area contributed by atoms with E-state index in [9.17, 15) is 10.1 Å². The van der Waals surface area contributed by atoms with Crippen LogP contribution in [0.4, 0.5) is 5.69 Å². The first-order valence-corrected chi connectivity index (χ1v) is 11.1. The average molecular weight is 433 g/mol. The maximum Gasteiger partial charge on any atom is 0.258 e. The molecule has 0 saturated heterocycles. The highest BCUT2D eigenvalue weighted by Crippen LogP contribution is 2.38. The highest BCUT2D eigenvalue weighted by Gasteiger charge is 2.28. The van der Waals surface area contributed by atoms with Crippen molar-refractivity contribution in [1.82, 2.24) is 9.55 Å². The molecule has 1 aliphatic heterocycles.